The Kier molecular flexibility index (Phi) is 9.37. The number of aromatic nitrogens is 5. The van der Waals surface area contributed by atoms with Gasteiger partial charge in [0.05, 0.1) is 34.9 Å². The van der Waals surface area contributed by atoms with Gasteiger partial charge in [-0.3, -0.25) is 43.8 Å². The molecule has 0 bridgehead atoms. The second-order valence-corrected chi connectivity index (χ2v) is 15.2. The molecule has 4 aliphatic rings. The SMILES string of the molecule is O=C1CCC(N2C(=O)c3ccc(N4CCC(CCn5cc(-c6ccc(C(=O)Nc7ccc8nc(CN9CCCC9)[nH]c8c7)cc6)nn5)CC4)cc3C2=O)C(=O)N1. The zero-order valence-electron chi connectivity index (χ0n) is 30.9. The van der Waals surface area contributed by atoms with Gasteiger partial charge in [-0.2, -0.15) is 0 Å². The van der Waals surface area contributed by atoms with Gasteiger partial charge < -0.3 is 15.2 Å². The van der Waals surface area contributed by atoms with Crippen LogP contribution < -0.4 is 15.5 Å². The molecule has 0 aliphatic carbocycles. The quantitative estimate of drug-likeness (QED) is 0.173. The molecule has 5 aromatic rings. The van der Waals surface area contributed by atoms with Crippen LogP contribution >= 0.6 is 0 Å². The standard InChI is InChI=1S/C41H42N10O5/c52-37-12-11-35(39(54)45-37)51-40(55)30-9-8-29(22-31(30)41(51)56)49-18-13-25(14-19-49)15-20-50-23-34(46-47-50)26-3-5-27(6-4-26)38(53)42-28-7-10-32-33(21-28)44-36(43-32)24-48-16-1-2-17-48/h3-10,21-23,25,35H,1-2,11-20,24H2,(H,42,53)(H,43,44)(H,45,52,54). The van der Waals surface area contributed by atoms with Gasteiger partial charge in [-0.05, 0) is 106 Å². The Morgan fingerprint density at radius 2 is 1.64 bits per heavy atom. The summed E-state index contributed by atoms with van der Waals surface area (Å²) in [5.74, 6) is -0.767. The summed E-state index contributed by atoms with van der Waals surface area (Å²) in [6.45, 7) is 5.36. The van der Waals surface area contributed by atoms with Crippen molar-refractivity contribution < 1.29 is 24.0 Å². The zero-order chi connectivity index (χ0) is 38.3. The number of hydrogen-bond acceptors (Lipinski definition) is 10. The Morgan fingerprint density at radius 3 is 2.43 bits per heavy atom. The van der Waals surface area contributed by atoms with Crippen molar-refractivity contribution in [3.63, 3.8) is 0 Å². The van der Waals surface area contributed by atoms with E-state index in [1.165, 1.54) is 12.8 Å². The maximum Gasteiger partial charge on any atom is 0.262 e. The van der Waals surface area contributed by atoms with Crippen molar-refractivity contribution in [2.24, 2.45) is 5.92 Å². The van der Waals surface area contributed by atoms with E-state index in [2.05, 4.69) is 35.7 Å². The van der Waals surface area contributed by atoms with Crippen molar-refractivity contribution >= 4 is 51.9 Å². The normalized spacial score (nSPS) is 19.2. The zero-order valence-corrected chi connectivity index (χ0v) is 30.9. The summed E-state index contributed by atoms with van der Waals surface area (Å²) in [5.41, 5.74) is 6.09. The van der Waals surface area contributed by atoms with E-state index in [4.69, 9.17) is 4.98 Å². The van der Waals surface area contributed by atoms with Gasteiger partial charge in [0.25, 0.3) is 17.7 Å². The highest BCUT2D eigenvalue weighted by Crippen LogP contribution is 2.33. The molecular formula is C41H42N10O5. The molecule has 2 aromatic heterocycles. The number of nitrogens with one attached hydrogen (secondary N) is 3. The van der Waals surface area contributed by atoms with Crippen molar-refractivity contribution in [1.82, 2.24) is 40.1 Å². The Morgan fingerprint density at radius 1 is 0.857 bits per heavy atom. The lowest BCUT2D eigenvalue weighted by Gasteiger charge is -2.33. The lowest BCUT2D eigenvalue weighted by atomic mass is 9.93. The smallest absolute Gasteiger partial charge is 0.262 e. The predicted octanol–water partition coefficient (Wildman–Crippen LogP) is 4.38. The molecule has 286 valence electrons. The second kappa shape index (κ2) is 14.8. The Balaban J connectivity index is 0.754. The molecule has 1 unspecified atom stereocenters. The number of amides is 5. The number of H-pyrrole nitrogens is 1. The van der Waals surface area contributed by atoms with E-state index in [9.17, 15) is 24.0 Å². The average molecular weight is 755 g/mol. The number of carbonyl (C=O) groups excluding carboxylic acids is 5. The first-order chi connectivity index (χ1) is 27.3. The first-order valence-electron chi connectivity index (χ1n) is 19.4. The number of anilines is 2. The topological polar surface area (TPSA) is 179 Å². The van der Waals surface area contributed by atoms with E-state index in [0.717, 1.165) is 97.2 Å². The number of imidazole rings is 1. The highest BCUT2D eigenvalue weighted by atomic mass is 16.2. The van der Waals surface area contributed by atoms with Crippen molar-refractivity contribution in [2.45, 2.75) is 64.1 Å². The van der Waals surface area contributed by atoms with Crippen LogP contribution in [-0.4, -0.2) is 96.5 Å². The highest BCUT2D eigenvalue weighted by Gasteiger charge is 2.44. The van der Waals surface area contributed by atoms with E-state index in [0.29, 0.717) is 22.7 Å². The third-order valence-corrected chi connectivity index (χ3v) is 11.5. The number of hydrogen-bond donors (Lipinski definition) is 3. The number of imide groups is 2. The van der Waals surface area contributed by atoms with Crippen molar-refractivity contribution in [2.75, 3.05) is 36.4 Å². The van der Waals surface area contributed by atoms with Gasteiger partial charge in [0.15, 0.2) is 0 Å². The summed E-state index contributed by atoms with van der Waals surface area (Å²) in [6, 6.07) is 17.4. The molecule has 0 spiro atoms. The maximum atomic E-state index is 13.3. The molecule has 5 amide bonds. The molecule has 15 heteroatoms. The van der Waals surface area contributed by atoms with Crippen LogP contribution in [0.15, 0.2) is 66.9 Å². The first-order valence-corrected chi connectivity index (χ1v) is 19.4. The third kappa shape index (κ3) is 7.05. The minimum Gasteiger partial charge on any atom is -0.371 e. The summed E-state index contributed by atoms with van der Waals surface area (Å²) in [5, 5.41) is 14.0. The number of likely N-dealkylation sites (tertiary alicyclic amines) is 1. The van der Waals surface area contributed by atoms with E-state index < -0.39 is 29.7 Å². The van der Waals surface area contributed by atoms with E-state index in [1.54, 1.807) is 24.3 Å². The summed E-state index contributed by atoms with van der Waals surface area (Å²) in [4.78, 5) is 77.2. The van der Waals surface area contributed by atoms with E-state index >= 15 is 0 Å². The summed E-state index contributed by atoms with van der Waals surface area (Å²) >= 11 is 0. The molecule has 3 N–H and O–H groups in total. The molecule has 9 rings (SSSR count). The van der Waals surface area contributed by atoms with Gasteiger partial charge in [-0.1, -0.05) is 17.3 Å². The molecule has 0 saturated carbocycles. The number of rotatable bonds is 10. The Labute approximate surface area is 322 Å². The fourth-order valence-electron chi connectivity index (χ4n) is 8.35. The fraction of sp³-hybridized carbons (Fsp3) is 0.366. The van der Waals surface area contributed by atoms with E-state index in [1.807, 2.05) is 47.3 Å². The van der Waals surface area contributed by atoms with Crippen molar-refractivity contribution in [1.29, 1.82) is 0 Å². The second-order valence-electron chi connectivity index (χ2n) is 15.2. The van der Waals surface area contributed by atoms with Crippen LogP contribution in [0.25, 0.3) is 22.3 Å². The van der Waals surface area contributed by atoms with Gasteiger partial charge >= 0.3 is 0 Å². The molecular weight excluding hydrogens is 713 g/mol. The average Bonchev–Trinajstić information content (AvgIpc) is 4.03. The molecule has 4 aliphatic heterocycles. The Hall–Kier alpha value is -6.22. The summed E-state index contributed by atoms with van der Waals surface area (Å²) < 4.78 is 1.86. The number of nitrogens with zero attached hydrogens (tertiary/aromatic N) is 7. The molecule has 15 nitrogen and oxygen atoms in total. The summed E-state index contributed by atoms with van der Waals surface area (Å²) in [7, 11) is 0. The lowest BCUT2D eigenvalue weighted by molar-refractivity contribution is -0.136. The van der Waals surface area contributed by atoms with Crippen LogP contribution in [0.5, 0.6) is 0 Å². The molecule has 3 aromatic carbocycles. The number of fused-ring (bicyclic) bond motifs is 2. The number of benzene rings is 3. The highest BCUT2D eigenvalue weighted by molar-refractivity contribution is 6.23. The third-order valence-electron chi connectivity index (χ3n) is 11.5. The number of aryl methyl sites for hydroxylation is 1. The van der Waals surface area contributed by atoms with Crippen LogP contribution in [0.2, 0.25) is 0 Å². The molecule has 0 radical (unpaired) electrons. The lowest BCUT2D eigenvalue weighted by Crippen LogP contribution is -2.54. The minimum atomic E-state index is -0.978. The van der Waals surface area contributed by atoms with Gasteiger partial charge in [0.1, 0.15) is 17.6 Å². The predicted molar refractivity (Wildman–Crippen MR) is 207 cm³/mol. The van der Waals surface area contributed by atoms with Gasteiger partial charge in [0, 0.05) is 48.6 Å². The largest absolute Gasteiger partial charge is 0.371 e. The molecule has 6 heterocycles. The van der Waals surface area contributed by atoms with Crippen molar-refractivity contribution in [3.05, 3.63) is 89.4 Å². The number of aromatic amines is 1. The van der Waals surface area contributed by atoms with Gasteiger partial charge in [0.2, 0.25) is 11.8 Å². The van der Waals surface area contributed by atoms with Gasteiger partial charge in [-0.15, -0.1) is 5.10 Å². The van der Waals surface area contributed by atoms with Crippen LogP contribution in [0.1, 0.15) is 81.8 Å². The van der Waals surface area contributed by atoms with Crippen molar-refractivity contribution in [3.8, 4) is 11.3 Å². The first kappa shape index (κ1) is 35.5. The summed E-state index contributed by atoms with van der Waals surface area (Å²) in [6.07, 6.45) is 7.49. The van der Waals surface area contributed by atoms with Gasteiger partial charge in [-0.25, -0.2) is 4.98 Å². The van der Waals surface area contributed by atoms with Crippen LogP contribution in [0.4, 0.5) is 11.4 Å². The minimum absolute atomic E-state index is 0.0872. The monoisotopic (exact) mass is 754 g/mol. The number of carbonyl (C=O) groups is 5. The van der Waals surface area contributed by atoms with E-state index in [-0.39, 0.29) is 24.3 Å². The van der Waals surface area contributed by atoms with Crippen LogP contribution in [-0.2, 0) is 22.7 Å². The maximum absolute atomic E-state index is 13.3. The molecule has 3 fully saturated rings. The molecule has 3 saturated heterocycles. The fourth-order valence-corrected chi connectivity index (χ4v) is 8.35. The van der Waals surface area contributed by atoms with Crippen LogP contribution in [0, 0.1) is 5.92 Å². The number of piperidine rings is 2. The molecule has 56 heavy (non-hydrogen) atoms. The Bertz CT molecular complexity index is 2350. The molecule has 1 atom stereocenters. The van der Waals surface area contributed by atoms with Crippen LogP contribution in [0.3, 0.4) is 0 Å².